The van der Waals surface area contributed by atoms with Crippen molar-refractivity contribution in [3.63, 3.8) is 0 Å². The molecule has 1 aromatic heterocycles. The molecule has 2 rings (SSSR count). The summed E-state index contributed by atoms with van der Waals surface area (Å²) in [6.45, 7) is -0.123. The fourth-order valence-electron chi connectivity index (χ4n) is 2.06. The zero-order valence-corrected chi connectivity index (χ0v) is 13.5. The normalized spacial score (nSPS) is 21.2. The molecule has 1 atom stereocenters. The van der Waals surface area contributed by atoms with Gasteiger partial charge >= 0.3 is 0 Å². The largest absolute Gasteiger partial charge is 0.388 e. The molecule has 0 aliphatic carbocycles. The van der Waals surface area contributed by atoms with Crippen LogP contribution in [-0.4, -0.2) is 44.4 Å². The summed E-state index contributed by atoms with van der Waals surface area (Å²) in [6, 6.07) is 2.73. The molecule has 0 saturated carbocycles. The maximum absolute atomic E-state index is 12.1. The lowest BCUT2D eigenvalue weighted by Crippen LogP contribution is -2.34. The molecule has 1 aliphatic heterocycles. The van der Waals surface area contributed by atoms with Crippen molar-refractivity contribution >= 4 is 37.1 Å². The number of hydrogen-bond donors (Lipinski definition) is 2. The van der Waals surface area contributed by atoms with Crippen LogP contribution < -0.4 is 10.5 Å². The van der Waals surface area contributed by atoms with Crippen molar-refractivity contribution in [3.05, 3.63) is 24.0 Å². The monoisotopic (exact) mass is 349 g/mol. The first-order valence-electron chi connectivity index (χ1n) is 6.19. The molecule has 2 heterocycles. The summed E-state index contributed by atoms with van der Waals surface area (Å²) in [5, 5.41) is -0.656. The molecule has 10 heteroatoms. The van der Waals surface area contributed by atoms with Crippen LogP contribution in [0.1, 0.15) is 18.5 Å². The molecule has 21 heavy (non-hydrogen) atoms. The Morgan fingerprint density at radius 1 is 1.48 bits per heavy atom. The van der Waals surface area contributed by atoms with Crippen molar-refractivity contribution in [2.24, 2.45) is 5.73 Å². The second-order valence-electron chi connectivity index (χ2n) is 4.73. The van der Waals surface area contributed by atoms with Crippen LogP contribution in [-0.2, 0) is 19.9 Å². The van der Waals surface area contributed by atoms with Crippen LogP contribution in [0, 0.1) is 0 Å². The van der Waals surface area contributed by atoms with Crippen LogP contribution in [0.2, 0.25) is 0 Å². The Morgan fingerprint density at radius 2 is 2.19 bits per heavy atom. The van der Waals surface area contributed by atoms with Crippen LogP contribution in [0.3, 0.4) is 0 Å². The maximum atomic E-state index is 12.1. The fraction of sp³-hybridized carbons (Fsp3) is 0.455. The Bertz CT molecular complexity index is 741. The van der Waals surface area contributed by atoms with Gasteiger partial charge in [-0.05, 0) is 25.0 Å². The van der Waals surface area contributed by atoms with Crippen molar-refractivity contribution in [1.29, 1.82) is 0 Å². The summed E-state index contributed by atoms with van der Waals surface area (Å²) < 4.78 is 49.8. The van der Waals surface area contributed by atoms with E-state index in [1.54, 1.807) is 0 Å². The molecular formula is C11H15N3O4S3. The second kappa shape index (κ2) is 5.95. The lowest BCUT2D eigenvalue weighted by Gasteiger charge is -2.11. The first-order valence-corrected chi connectivity index (χ1v) is 9.80. The maximum Gasteiger partial charge on any atom is 0.242 e. The lowest BCUT2D eigenvalue weighted by atomic mass is 10.2. The van der Waals surface area contributed by atoms with Crippen molar-refractivity contribution in [1.82, 2.24) is 9.71 Å². The molecule has 1 aromatic rings. The standard InChI is InChI=1S/C11H15N3O4S3/c12-11(19)10-4-3-9(6-13-10)21(17,18)14-7-8-2-1-5-20(8,15)16/h3-4,6,8,14H,1-2,5,7H2,(H2,12,19). The Kier molecular flexibility index (Phi) is 4.61. The van der Waals surface area contributed by atoms with E-state index in [4.69, 9.17) is 18.0 Å². The van der Waals surface area contributed by atoms with Gasteiger partial charge in [0, 0.05) is 12.7 Å². The molecule has 0 spiro atoms. The highest BCUT2D eigenvalue weighted by atomic mass is 32.2. The number of hydrogen-bond acceptors (Lipinski definition) is 6. The Morgan fingerprint density at radius 3 is 2.67 bits per heavy atom. The topological polar surface area (TPSA) is 119 Å². The van der Waals surface area contributed by atoms with Gasteiger partial charge in [0.05, 0.1) is 16.7 Å². The minimum Gasteiger partial charge on any atom is -0.388 e. The van der Waals surface area contributed by atoms with Gasteiger partial charge in [-0.1, -0.05) is 12.2 Å². The third-order valence-electron chi connectivity index (χ3n) is 3.26. The highest BCUT2D eigenvalue weighted by Gasteiger charge is 2.32. The third kappa shape index (κ3) is 3.76. The van der Waals surface area contributed by atoms with Gasteiger partial charge in [0.15, 0.2) is 9.84 Å². The molecule has 0 aromatic carbocycles. The summed E-state index contributed by atoms with van der Waals surface area (Å²) in [4.78, 5) is 3.86. The van der Waals surface area contributed by atoms with E-state index in [2.05, 4.69) is 9.71 Å². The van der Waals surface area contributed by atoms with E-state index in [1.165, 1.54) is 12.1 Å². The fourth-order valence-corrected chi connectivity index (χ4v) is 5.08. The van der Waals surface area contributed by atoms with Crippen molar-refractivity contribution < 1.29 is 16.8 Å². The van der Waals surface area contributed by atoms with Gasteiger partial charge in [0.2, 0.25) is 10.0 Å². The third-order valence-corrected chi connectivity index (χ3v) is 7.16. The number of sulfonamides is 1. The molecule has 1 fully saturated rings. The summed E-state index contributed by atoms with van der Waals surface area (Å²) in [5.41, 5.74) is 5.70. The molecule has 1 unspecified atom stereocenters. The van der Waals surface area contributed by atoms with E-state index in [0.717, 1.165) is 6.20 Å². The predicted molar refractivity (Wildman–Crippen MR) is 82.1 cm³/mol. The highest BCUT2D eigenvalue weighted by molar-refractivity contribution is 7.92. The van der Waals surface area contributed by atoms with Gasteiger partial charge in [0.25, 0.3) is 0 Å². The van der Waals surface area contributed by atoms with E-state index < -0.39 is 25.1 Å². The van der Waals surface area contributed by atoms with Gasteiger partial charge in [0.1, 0.15) is 9.88 Å². The molecule has 1 saturated heterocycles. The summed E-state index contributed by atoms with van der Waals surface area (Å²) in [5.74, 6) is 0.115. The Labute approximate surface area is 128 Å². The number of nitrogens with two attached hydrogens (primary N) is 1. The second-order valence-corrected chi connectivity index (χ2v) is 9.33. The van der Waals surface area contributed by atoms with Gasteiger partial charge in [-0.25, -0.2) is 21.6 Å². The number of thiocarbonyl (C=S) groups is 1. The van der Waals surface area contributed by atoms with E-state index in [-0.39, 0.29) is 22.2 Å². The summed E-state index contributed by atoms with van der Waals surface area (Å²) in [7, 11) is -6.99. The molecule has 1 aliphatic rings. The van der Waals surface area contributed by atoms with Crippen LogP contribution >= 0.6 is 12.2 Å². The molecule has 3 N–H and O–H groups in total. The molecule has 0 radical (unpaired) electrons. The van der Waals surface area contributed by atoms with Crippen molar-refractivity contribution in [3.8, 4) is 0 Å². The minimum absolute atomic E-state index is 0.0575. The number of aromatic nitrogens is 1. The summed E-state index contributed by atoms with van der Waals surface area (Å²) in [6.07, 6.45) is 2.18. The minimum atomic E-state index is -3.80. The van der Waals surface area contributed by atoms with E-state index in [0.29, 0.717) is 18.5 Å². The lowest BCUT2D eigenvalue weighted by molar-refractivity contribution is 0.570. The molecule has 0 amide bonds. The van der Waals surface area contributed by atoms with Crippen LogP contribution in [0.5, 0.6) is 0 Å². The molecule has 7 nitrogen and oxygen atoms in total. The van der Waals surface area contributed by atoms with Gasteiger partial charge < -0.3 is 5.73 Å². The van der Waals surface area contributed by atoms with Crippen molar-refractivity contribution in [2.45, 2.75) is 23.0 Å². The SMILES string of the molecule is NC(=S)c1ccc(S(=O)(=O)NCC2CCCS2(=O)=O)cn1. The molecule has 116 valence electrons. The number of nitrogens with zero attached hydrogens (tertiary/aromatic N) is 1. The zero-order valence-electron chi connectivity index (χ0n) is 11.0. The quantitative estimate of drug-likeness (QED) is 0.692. The number of rotatable bonds is 5. The molecular weight excluding hydrogens is 334 g/mol. The van der Waals surface area contributed by atoms with E-state index in [9.17, 15) is 16.8 Å². The first-order chi connectivity index (χ1) is 9.72. The van der Waals surface area contributed by atoms with Crippen LogP contribution in [0.25, 0.3) is 0 Å². The van der Waals surface area contributed by atoms with Gasteiger partial charge in [-0.15, -0.1) is 0 Å². The highest BCUT2D eigenvalue weighted by Crippen LogP contribution is 2.19. The van der Waals surface area contributed by atoms with Crippen LogP contribution in [0.4, 0.5) is 0 Å². The number of sulfone groups is 1. The average Bonchev–Trinajstić information content (AvgIpc) is 2.75. The van der Waals surface area contributed by atoms with E-state index >= 15 is 0 Å². The first kappa shape index (κ1) is 16.3. The summed E-state index contributed by atoms with van der Waals surface area (Å²) >= 11 is 4.73. The molecule has 0 bridgehead atoms. The smallest absolute Gasteiger partial charge is 0.242 e. The van der Waals surface area contributed by atoms with Gasteiger partial charge in [-0.2, -0.15) is 0 Å². The van der Waals surface area contributed by atoms with E-state index in [1.807, 2.05) is 0 Å². The van der Waals surface area contributed by atoms with Crippen LogP contribution in [0.15, 0.2) is 23.2 Å². The Balaban J connectivity index is 2.10. The zero-order chi connectivity index (χ0) is 15.7. The Hall–Kier alpha value is -1.10. The number of nitrogens with one attached hydrogen (secondary N) is 1. The number of pyridine rings is 1. The predicted octanol–water partition coefficient (Wildman–Crippen LogP) is -0.429. The van der Waals surface area contributed by atoms with Crippen molar-refractivity contribution in [2.75, 3.05) is 12.3 Å². The van der Waals surface area contributed by atoms with Gasteiger partial charge in [-0.3, -0.25) is 4.98 Å². The average molecular weight is 349 g/mol.